The zero-order valence-electron chi connectivity index (χ0n) is 11.6. The normalized spacial score (nSPS) is 12.8. The van der Waals surface area contributed by atoms with E-state index in [-0.39, 0.29) is 5.91 Å². The highest BCUT2D eigenvalue weighted by atomic mass is 127. The van der Waals surface area contributed by atoms with Crippen molar-refractivity contribution < 1.29 is 14.3 Å². The number of halogens is 2. The van der Waals surface area contributed by atoms with Gasteiger partial charge in [-0.05, 0) is 46.9 Å². The van der Waals surface area contributed by atoms with Crippen LogP contribution in [0.5, 0.6) is 11.5 Å². The zero-order chi connectivity index (χ0) is 15.5. The quantitative estimate of drug-likeness (QED) is 0.758. The van der Waals surface area contributed by atoms with Gasteiger partial charge in [0.05, 0.1) is 5.56 Å². The number of nitrogens with one attached hydrogen (secondary N) is 1. The van der Waals surface area contributed by atoms with Gasteiger partial charge in [-0.25, -0.2) is 0 Å². The van der Waals surface area contributed by atoms with Gasteiger partial charge in [0.25, 0.3) is 5.91 Å². The molecule has 0 spiro atoms. The second-order valence-electron chi connectivity index (χ2n) is 4.75. The summed E-state index contributed by atoms with van der Waals surface area (Å²) in [5, 5.41) is 3.52. The van der Waals surface area contributed by atoms with Gasteiger partial charge in [-0.15, -0.1) is 0 Å². The summed E-state index contributed by atoms with van der Waals surface area (Å²) in [6.45, 7) is 1.45. The number of rotatable bonds is 3. The Morgan fingerprint density at radius 1 is 1.23 bits per heavy atom. The number of hydrogen-bond donors (Lipinski definition) is 1. The molecule has 1 amide bonds. The third-order valence-electron chi connectivity index (χ3n) is 3.26. The molecule has 114 valence electrons. The minimum absolute atomic E-state index is 0.143. The van der Waals surface area contributed by atoms with E-state index in [9.17, 15) is 4.79 Å². The lowest BCUT2D eigenvalue weighted by molar-refractivity contribution is 0.0949. The Morgan fingerprint density at radius 2 is 2.05 bits per heavy atom. The Balaban J connectivity index is 1.74. The van der Waals surface area contributed by atoms with Crippen molar-refractivity contribution >= 4 is 40.1 Å². The van der Waals surface area contributed by atoms with Crippen LogP contribution in [0.25, 0.3) is 0 Å². The number of carbonyl (C=O) groups is 1. The molecule has 0 unspecified atom stereocenters. The molecular formula is C16H13ClINO3. The summed E-state index contributed by atoms with van der Waals surface area (Å²) < 4.78 is 12.0. The number of carbonyl (C=O) groups excluding carboxylic acids is 1. The predicted molar refractivity (Wildman–Crippen MR) is 92.8 cm³/mol. The van der Waals surface area contributed by atoms with E-state index >= 15 is 0 Å². The Bertz CT molecular complexity index is 721. The first-order chi connectivity index (χ1) is 10.6. The molecule has 2 aromatic rings. The maximum Gasteiger partial charge on any atom is 0.252 e. The Hall–Kier alpha value is -1.47. The summed E-state index contributed by atoms with van der Waals surface area (Å²) in [6, 6.07) is 10.9. The highest BCUT2D eigenvalue weighted by Gasteiger charge is 2.16. The van der Waals surface area contributed by atoms with Crippen LogP contribution in [0.1, 0.15) is 15.9 Å². The number of hydrogen-bond acceptors (Lipinski definition) is 3. The summed E-state index contributed by atoms with van der Waals surface area (Å²) in [5.74, 6) is 1.29. The first-order valence-electron chi connectivity index (χ1n) is 6.76. The van der Waals surface area contributed by atoms with E-state index in [0.29, 0.717) is 36.1 Å². The third kappa shape index (κ3) is 3.30. The van der Waals surface area contributed by atoms with Crippen LogP contribution in [0, 0.1) is 3.57 Å². The average molecular weight is 430 g/mol. The zero-order valence-corrected chi connectivity index (χ0v) is 14.5. The van der Waals surface area contributed by atoms with Crippen LogP contribution in [0.3, 0.4) is 0 Å². The van der Waals surface area contributed by atoms with Gasteiger partial charge in [0, 0.05) is 20.7 Å². The monoisotopic (exact) mass is 429 g/mol. The SMILES string of the molecule is O=C(NCc1cccc2c1OCCO2)c1ccc(Cl)cc1I. The van der Waals surface area contributed by atoms with E-state index in [1.165, 1.54) is 0 Å². The molecule has 0 aliphatic carbocycles. The number of ether oxygens (including phenoxy) is 2. The molecule has 3 rings (SSSR count). The largest absolute Gasteiger partial charge is 0.486 e. The van der Waals surface area contributed by atoms with Gasteiger partial charge in [-0.3, -0.25) is 4.79 Å². The summed E-state index contributed by atoms with van der Waals surface area (Å²) in [6.07, 6.45) is 0. The second-order valence-corrected chi connectivity index (χ2v) is 6.35. The lowest BCUT2D eigenvalue weighted by Gasteiger charge is -2.21. The minimum atomic E-state index is -0.143. The number of amides is 1. The fraction of sp³-hybridized carbons (Fsp3) is 0.188. The topological polar surface area (TPSA) is 47.6 Å². The summed E-state index contributed by atoms with van der Waals surface area (Å²) >= 11 is 8.01. The van der Waals surface area contributed by atoms with E-state index in [0.717, 1.165) is 14.9 Å². The van der Waals surface area contributed by atoms with Crippen LogP contribution < -0.4 is 14.8 Å². The molecule has 6 heteroatoms. The molecule has 1 N–H and O–H groups in total. The lowest BCUT2D eigenvalue weighted by atomic mass is 10.1. The van der Waals surface area contributed by atoms with Crippen molar-refractivity contribution in [3.63, 3.8) is 0 Å². The van der Waals surface area contributed by atoms with Gasteiger partial charge in [-0.1, -0.05) is 23.7 Å². The predicted octanol–water partition coefficient (Wildman–Crippen LogP) is 3.65. The van der Waals surface area contributed by atoms with Crippen LogP contribution >= 0.6 is 34.2 Å². The molecule has 4 nitrogen and oxygen atoms in total. The van der Waals surface area contributed by atoms with Crippen molar-refractivity contribution in [1.29, 1.82) is 0 Å². The molecule has 0 aromatic heterocycles. The molecule has 0 saturated heterocycles. The van der Waals surface area contributed by atoms with Crippen LogP contribution in [0.15, 0.2) is 36.4 Å². The van der Waals surface area contributed by atoms with Crippen molar-refractivity contribution in [3.8, 4) is 11.5 Å². The molecule has 0 atom stereocenters. The van der Waals surface area contributed by atoms with Gasteiger partial charge in [0.15, 0.2) is 11.5 Å². The smallest absolute Gasteiger partial charge is 0.252 e. The minimum Gasteiger partial charge on any atom is -0.486 e. The van der Waals surface area contributed by atoms with Crippen LogP contribution in [0.2, 0.25) is 5.02 Å². The maximum atomic E-state index is 12.3. The first-order valence-corrected chi connectivity index (χ1v) is 8.21. The van der Waals surface area contributed by atoms with Gasteiger partial charge in [0.1, 0.15) is 13.2 Å². The fourth-order valence-electron chi connectivity index (χ4n) is 2.22. The van der Waals surface area contributed by atoms with E-state index in [4.69, 9.17) is 21.1 Å². The Labute approximate surface area is 146 Å². The standard InChI is InChI=1S/C16H13ClINO3/c17-11-4-5-12(13(18)8-11)16(20)19-9-10-2-1-3-14-15(10)22-7-6-21-14/h1-5,8H,6-7,9H2,(H,19,20). The highest BCUT2D eigenvalue weighted by molar-refractivity contribution is 14.1. The van der Waals surface area contributed by atoms with E-state index in [1.807, 2.05) is 18.2 Å². The summed E-state index contributed by atoms with van der Waals surface area (Å²) in [4.78, 5) is 12.3. The molecule has 0 bridgehead atoms. The van der Waals surface area contributed by atoms with Crippen LogP contribution in [-0.4, -0.2) is 19.1 Å². The second kappa shape index (κ2) is 6.75. The molecule has 1 aliphatic rings. The van der Waals surface area contributed by atoms with Crippen molar-refractivity contribution in [3.05, 3.63) is 56.1 Å². The lowest BCUT2D eigenvalue weighted by Crippen LogP contribution is -2.25. The first kappa shape index (κ1) is 15.4. The number of benzene rings is 2. The molecule has 1 aliphatic heterocycles. The third-order valence-corrected chi connectivity index (χ3v) is 4.39. The van der Waals surface area contributed by atoms with Gasteiger partial charge >= 0.3 is 0 Å². The van der Waals surface area contributed by atoms with E-state index in [2.05, 4.69) is 27.9 Å². The molecular weight excluding hydrogens is 417 g/mol. The van der Waals surface area contributed by atoms with Crippen molar-refractivity contribution in [2.24, 2.45) is 0 Å². The maximum absolute atomic E-state index is 12.3. The van der Waals surface area contributed by atoms with E-state index < -0.39 is 0 Å². The molecule has 0 saturated carbocycles. The van der Waals surface area contributed by atoms with E-state index in [1.54, 1.807) is 18.2 Å². The fourth-order valence-corrected chi connectivity index (χ4v) is 3.33. The van der Waals surface area contributed by atoms with Crippen LogP contribution in [-0.2, 0) is 6.54 Å². The molecule has 22 heavy (non-hydrogen) atoms. The number of para-hydroxylation sites is 1. The van der Waals surface area contributed by atoms with Crippen LogP contribution in [0.4, 0.5) is 0 Å². The van der Waals surface area contributed by atoms with Crippen molar-refractivity contribution in [1.82, 2.24) is 5.32 Å². The number of fused-ring (bicyclic) bond motifs is 1. The molecule has 2 aromatic carbocycles. The molecule has 0 radical (unpaired) electrons. The Morgan fingerprint density at radius 3 is 2.86 bits per heavy atom. The average Bonchev–Trinajstić information content (AvgIpc) is 2.52. The summed E-state index contributed by atoms with van der Waals surface area (Å²) in [5.41, 5.74) is 1.50. The molecule has 0 fully saturated rings. The van der Waals surface area contributed by atoms with Crippen molar-refractivity contribution in [2.45, 2.75) is 6.54 Å². The van der Waals surface area contributed by atoms with Gasteiger partial charge in [-0.2, -0.15) is 0 Å². The van der Waals surface area contributed by atoms with Gasteiger partial charge in [0.2, 0.25) is 0 Å². The van der Waals surface area contributed by atoms with Gasteiger partial charge < -0.3 is 14.8 Å². The highest BCUT2D eigenvalue weighted by Crippen LogP contribution is 2.33. The summed E-state index contributed by atoms with van der Waals surface area (Å²) in [7, 11) is 0. The van der Waals surface area contributed by atoms with Crippen molar-refractivity contribution in [2.75, 3.05) is 13.2 Å². The Kier molecular flexibility index (Phi) is 4.73. The molecule has 1 heterocycles.